The van der Waals surface area contributed by atoms with Crippen LogP contribution in [0.25, 0.3) is 10.2 Å². The Morgan fingerprint density at radius 3 is 2.24 bits per heavy atom. The summed E-state index contributed by atoms with van der Waals surface area (Å²) in [7, 11) is -0.507. The van der Waals surface area contributed by atoms with E-state index in [1.54, 1.807) is 32.5 Å². The second kappa shape index (κ2) is 15.3. The molecule has 2 aromatic carbocycles. The van der Waals surface area contributed by atoms with Crippen LogP contribution in [0.4, 0.5) is 9.93 Å². The summed E-state index contributed by atoms with van der Waals surface area (Å²) in [5.41, 5.74) is 1.19. The Bertz CT molecular complexity index is 1570. The van der Waals surface area contributed by atoms with Crippen LogP contribution in [-0.2, 0) is 14.8 Å². The number of hydrogen-bond acceptors (Lipinski definition) is 11. The number of hydrogen-bond donors (Lipinski definition) is 1. The van der Waals surface area contributed by atoms with Crippen LogP contribution in [0, 0.1) is 0 Å². The molecule has 2 aliphatic heterocycles. The number of benzene rings is 2. The van der Waals surface area contributed by atoms with Crippen molar-refractivity contribution in [3.05, 3.63) is 42.0 Å². The number of ether oxygens (including phenoxy) is 3. The lowest BCUT2D eigenvalue weighted by atomic mass is 10.2. The highest BCUT2D eigenvalue weighted by Gasteiger charge is 2.31. The van der Waals surface area contributed by atoms with E-state index < -0.39 is 16.1 Å². The molecule has 2 amide bonds. The number of sulfonamides is 1. The lowest BCUT2D eigenvalue weighted by molar-refractivity contribution is 0.0932. The molecule has 16 heteroatoms. The van der Waals surface area contributed by atoms with Crippen molar-refractivity contribution in [1.82, 2.24) is 24.4 Å². The number of carbonyl (C=O) groups is 2. The summed E-state index contributed by atoms with van der Waals surface area (Å²) in [6, 6.07) is 9.85. The van der Waals surface area contributed by atoms with Gasteiger partial charge in [0.2, 0.25) is 10.0 Å². The second-order valence-electron chi connectivity index (χ2n) is 10.3. The van der Waals surface area contributed by atoms with Gasteiger partial charge in [-0.05, 0) is 43.3 Å². The number of nitrogens with zero attached hydrogens (tertiary/aromatic N) is 5. The van der Waals surface area contributed by atoms with Crippen molar-refractivity contribution >= 4 is 61.1 Å². The van der Waals surface area contributed by atoms with Crippen molar-refractivity contribution < 1.29 is 32.2 Å². The van der Waals surface area contributed by atoms with Crippen LogP contribution in [0.2, 0.25) is 0 Å². The van der Waals surface area contributed by atoms with E-state index in [0.29, 0.717) is 30.2 Å². The Labute approximate surface area is 273 Å². The molecule has 0 atom stereocenters. The largest absolute Gasteiger partial charge is 0.493 e. The number of piperazine rings is 2. The molecule has 2 aliphatic rings. The predicted molar refractivity (Wildman–Crippen MR) is 175 cm³/mol. The van der Waals surface area contributed by atoms with Crippen molar-refractivity contribution in [3.63, 3.8) is 0 Å². The quantitative estimate of drug-likeness (QED) is 0.340. The van der Waals surface area contributed by atoms with E-state index >= 15 is 0 Å². The number of aromatic nitrogens is 1. The summed E-state index contributed by atoms with van der Waals surface area (Å²) in [6.45, 7) is 7.39. The van der Waals surface area contributed by atoms with Crippen LogP contribution in [0.15, 0.2) is 41.3 Å². The molecule has 3 aromatic rings. The SMILES string of the molecule is CCOC(=O)N1CCN(S(=O)(=O)c2ccc(C(=O)NCCN3CCN(c4nc5c(OC)c(OC)ccc5s4)CC3)cc2)CC1.Cl. The van der Waals surface area contributed by atoms with Crippen molar-refractivity contribution in [1.29, 1.82) is 0 Å². The molecule has 0 bridgehead atoms. The highest BCUT2D eigenvalue weighted by atomic mass is 35.5. The average molecular weight is 683 g/mol. The molecule has 1 N–H and O–H groups in total. The first-order chi connectivity index (χ1) is 21.2. The first kappa shape index (κ1) is 34.5. The number of rotatable bonds is 10. The van der Waals surface area contributed by atoms with Crippen LogP contribution in [0.1, 0.15) is 17.3 Å². The van der Waals surface area contributed by atoms with E-state index in [9.17, 15) is 18.0 Å². The normalized spacial score (nSPS) is 16.2. The lowest BCUT2D eigenvalue weighted by Crippen LogP contribution is -2.50. The third-order valence-corrected chi connectivity index (χ3v) is 10.8. The maximum atomic E-state index is 13.1. The topological polar surface area (TPSA) is 134 Å². The Balaban J connectivity index is 0.00000461. The fourth-order valence-corrected chi connectivity index (χ4v) is 7.72. The van der Waals surface area contributed by atoms with Gasteiger partial charge < -0.3 is 29.3 Å². The number of anilines is 1. The molecule has 0 spiro atoms. The van der Waals surface area contributed by atoms with Crippen molar-refractivity contribution in [2.75, 3.05) is 91.2 Å². The van der Waals surface area contributed by atoms with Gasteiger partial charge >= 0.3 is 6.09 Å². The summed E-state index contributed by atoms with van der Waals surface area (Å²) in [6.07, 6.45) is -0.435. The minimum atomic E-state index is -3.74. The predicted octanol–water partition coefficient (Wildman–Crippen LogP) is 2.75. The lowest BCUT2D eigenvalue weighted by Gasteiger charge is -2.34. The third kappa shape index (κ3) is 7.72. The van der Waals surface area contributed by atoms with Crippen LogP contribution >= 0.6 is 23.7 Å². The number of fused-ring (bicyclic) bond motifs is 1. The number of carbonyl (C=O) groups excluding carboxylic acids is 2. The van der Waals surface area contributed by atoms with Gasteiger partial charge in [0.25, 0.3) is 5.91 Å². The van der Waals surface area contributed by atoms with Crippen molar-refractivity contribution in [2.45, 2.75) is 11.8 Å². The van der Waals surface area contributed by atoms with Gasteiger partial charge in [0.05, 0.1) is 30.4 Å². The Kier molecular flexibility index (Phi) is 11.7. The Hall–Kier alpha value is -3.37. The van der Waals surface area contributed by atoms with Gasteiger partial charge in [0.1, 0.15) is 5.52 Å². The summed E-state index contributed by atoms with van der Waals surface area (Å²) in [5.74, 6) is 1.05. The Morgan fingerprint density at radius 1 is 0.933 bits per heavy atom. The molecular weight excluding hydrogens is 644 g/mol. The van der Waals surface area contributed by atoms with Gasteiger partial charge in [-0.15, -0.1) is 12.4 Å². The van der Waals surface area contributed by atoms with Gasteiger partial charge in [-0.2, -0.15) is 4.31 Å². The zero-order valence-electron chi connectivity index (χ0n) is 25.6. The highest BCUT2D eigenvalue weighted by molar-refractivity contribution is 7.89. The minimum Gasteiger partial charge on any atom is -0.493 e. The second-order valence-corrected chi connectivity index (χ2v) is 13.3. The molecule has 1 aromatic heterocycles. The van der Waals surface area contributed by atoms with Gasteiger partial charge in [-0.1, -0.05) is 11.3 Å². The number of halogens is 1. The van der Waals surface area contributed by atoms with Crippen molar-refractivity contribution in [3.8, 4) is 11.5 Å². The molecule has 45 heavy (non-hydrogen) atoms. The number of methoxy groups -OCH3 is 2. The molecule has 0 unspecified atom stereocenters. The van der Waals surface area contributed by atoms with Gasteiger partial charge in [0, 0.05) is 71.0 Å². The van der Waals surface area contributed by atoms with Gasteiger partial charge in [-0.3, -0.25) is 9.69 Å². The van der Waals surface area contributed by atoms with E-state index in [4.69, 9.17) is 19.2 Å². The molecule has 2 saturated heterocycles. The van der Waals surface area contributed by atoms with Gasteiger partial charge in [0.15, 0.2) is 16.6 Å². The molecule has 0 aliphatic carbocycles. The zero-order valence-corrected chi connectivity index (χ0v) is 28.0. The fourth-order valence-electron chi connectivity index (χ4n) is 5.28. The molecule has 3 heterocycles. The monoisotopic (exact) mass is 682 g/mol. The maximum Gasteiger partial charge on any atom is 0.409 e. The molecule has 0 saturated carbocycles. The van der Waals surface area contributed by atoms with E-state index in [1.807, 2.05) is 12.1 Å². The molecule has 2 fully saturated rings. The van der Waals surface area contributed by atoms with E-state index in [0.717, 1.165) is 41.5 Å². The standard InChI is InChI=1S/C29H38N6O7S2.ClH/c1-4-42-29(37)34-17-19-35(20-18-34)44(38,39)22-7-5-21(6-8-22)27(36)30-11-12-32-13-15-33(16-14-32)28-31-25-24(43-28)10-9-23(40-2)26(25)41-3;/h5-10H,4,11-20H2,1-3H3,(H,30,36);1H. The maximum absolute atomic E-state index is 13.1. The van der Waals surface area contributed by atoms with Crippen LogP contribution < -0.4 is 19.7 Å². The average Bonchev–Trinajstić information content (AvgIpc) is 3.49. The molecular formula is C29H39ClN6O7S2. The van der Waals surface area contributed by atoms with E-state index in [1.165, 1.54) is 33.5 Å². The van der Waals surface area contributed by atoms with Crippen molar-refractivity contribution in [2.24, 2.45) is 0 Å². The highest BCUT2D eigenvalue weighted by Crippen LogP contribution is 2.40. The van der Waals surface area contributed by atoms with Crippen LogP contribution in [0.5, 0.6) is 11.5 Å². The number of nitrogens with one attached hydrogen (secondary N) is 1. The smallest absolute Gasteiger partial charge is 0.409 e. The first-order valence-electron chi connectivity index (χ1n) is 14.5. The van der Waals surface area contributed by atoms with E-state index in [-0.39, 0.29) is 56.0 Å². The summed E-state index contributed by atoms with van der Waals surface area (Å²) in [4.78, 5) is 35.7. The summed E-state index contributed by atoms with van der Waals surface area (Å²) < 4.78 is 44.5. The molecule has 5 rings (SSSR count). The summed E-state index contributed by atoms with van der Waals surface area (Å²) >= 11 is 1.63. The van der Waals surface area contributed by atoms with Crippen LogP contribution in [-0.4, -0.2) is 126 Å². The zero-order chi connectivity index (χ0) is 31.3. The molecule has 0 radical (unpaired) electrons. The van der Waals surface area contributed by atoms with E-state index in [2.05, 4.69) is 15.1 Å². The number of amides is 2. The van der Waals surface area contributed by atoms with Crippen LogP contribution in [0.3, 0.4) is 0 Å². The fraction of sp³-hybridized carbons (Fsp3) is 0.483. The van der Waals surface area contributed by atoms with Gasteiger partial charge in [-0.25, -0.2) is 18.2 Å². The first-order valence-corrected chi connectivity index (χ1v) is 16.8. The molecule has 246 valence electrons. The minimum absolute atomic E-state index is 0. The third-order valence-electron chi connectivity index (χ3n) is 7.77. The Morgan fingerprint density at radius 2 is 1.62 bits per heavy atom. The summed E-state index contributed by atoms with van der Waals surface area (Å²) in [5, 5.41) is 3.89. The number of thiazole rings is 1. The molecule has 13 nitrogen and oxygen atoms in total.